The number of hydrogen-bond acceptors (Lipinski definition) is 9. The molecule has 0 spiro atoms. The van der Waals surface area contributed by atoms with E-state index in [1.807, 2.05) is 0 Å². The molecule has 0 aromatic heterocycles. The van der Waals surface area contributed by atoms with Crippen LogP contribution in [0.1, 0.15) is 28.2 Å². The van der Waals surface area contributed by atoms with Crippen LogP contribution < -0.4 is 11.6 Å². The fourth-order valence-corrected chi connectivity index (χ4v) is 1.05. The summed E-state index contributed by atoms with van der Waals surface area (Å²) in [5.41, 5.74) is 5.09. The van der Waals surface area contributed by atoms with Crippen LogP contribution in [0.4, 0.5) is 0 Å². The van der Waals surface area contributed by atoms with Crippen molar-refractivity contribution in [1.82, 2.24) is 0 Å². The summed E-state index contributed by atoms with van der Waals surface area (Å²) in [6.45, 7) is 7.42. The molecule has 1 amide bonds. The lowest BCUT2D eigenvalue weighted by Crippen LogP contribution is -2.17. The number of amides is 1. The molecule has 6 N–H and O–H groups in total. The zero-order valence-corrected chi connectivity index (χ0v) is 13.8. The van der Waals surface area contributed by atoms with Gasteiger partial charge in [-0.2, -0.15) is 16.8 Å². The van der Waals surface area contributed by atoms with E-state index in [9.17, 15) is 13.2 Å². The molecule has 0 aliphatic carbocycles. The second kappa shape index (κ2) is 14.5. The molecule has 0 aromatic rings. The summed E-state index contributed by atoms with van der Waals surface area (Å²) in [6.07, 6.45) is -0.460. The van der Waals surface area contributed by atoms with Gasteiger partial charge in [0.15, 0.2) is 6.79 Å². The average Bonchev–Trinajstić information content (AvgIpc) is 2.23. The van der Waals surface area contributed by atoms with E-state index in [1.165, 1.54) is 0 Å². The SMILES string of the molecule is C.C=C(C)C(N)=O.CC(C)OS(=O)(=O)OCON.O=S(=O)(O)O. The zero-order chi connectivity index (χ0) is 18.6. The fraction of sp³-hybridized carbons (Fsp3) is 0.667. The molecule has 0 saturated carbocycles. The maximum Gasteiger partial charge on any atom is 0.402 e. The third-order valence-corrected chi connectivity index (χ3v) is 2.00. The van der Waals surface area contributed by atoms with Crippen LogP contribution in [-0.4, -0.2) is 44.7 Å². The normalized spacial score (nSPS) is 10.4. The first-order valence-corrected chi connectivity index (χ1v) is 7.90. The molecular formula is C9H24N2O10S2. The van der Waals surface area contributed by atoms with Crippen molar-refractivity contribution in [3.8, 4) is 0 Å². The average molecular weight is 384 g/mol. The molecule has 0 aliphatic rings. The second-order valence-electron chi connectivity index (χ2n) is 3.55. The van der Waals surface area contributed by atoms with Gasteiger partial charge < -0.3 is 5.73 Å². The van der Waals surface area contributed by atoms with Gasteiger partial charge in [-0.25, -0.2) is 14.3 Å². The molecule has 0 rings (SSSR count). The van der Waals surface area contributed by atoms with E-state index < -0.39 is 39.6 Å². The third kappa shape index (κ3) is 44.9. The molecule has 0 radical (unpaired) electrons. The van der Waals surface area contributed by atoms with Crippen molar-refractivity contribution in [2.45, 2.75) is 34.3 Å². The quantitative estimate of drug-likeness (QED) is 0.199. The van der Waals surface area contributed by atoms with E-state index in [2.05, 4.69) is 25.7 Å². The highest BCUT2D eigenvalue weighted by atomic mass is 32.3. The van der Waals surface area contributed by atoms with E-state index in [-0.39, 0.29) is 7.43 Å². The molecule has 0 atom stereocenters. The number of carbonyl (C=O) groups excluding carboxylic acids is 1. The second-order valence-corrected chi connectivity index (χ2v) is 5.69. The van der Waals surface area contributed by atoms with Crippen LogP contribution >= 0.6 is 0 Å². The molecule has 0 fully saturated rings. The van der Waals surface area contributed by atoms with Crippen LogP contribution in [0, 0.1) is 0 Å². The smallest absolute Gasteiger partial charge is 0.366 e. The minimum atomic E-state index is -4.67. The van der Waals surface area contributed by atoms with Gasteiger partial charge in [0, 0.05) is 5.57 Å². The van der Waals surface area contributed by atoms with Crippen molar-refractivity contribution in [1.29, 1.82) is 0 Å². The van der Waals surface area contributed by atoms with Crippen molar-refractivity contribution in [2.24, 2.45) is 11.6 Å². The topological polar surface area (TPSA) is 206 Å². The number of carbonyl (C=O) groups is 1. The van der Waals surface area contributed by atoms with Gasteiger partial charge in [0.2, 0.25) is 5.91 Å². The van der Waals surface area contributed by atoms with E-state index in [0.29, 0.717) is 5.57 Å². The molecular weight excluding hydrogens is 360 g/mol. The Bertz CT molecular complexity index is 507. The highest BCUT2D eigenvalue weighted by Gasteiger charge is 2.13. The minimum absolute atomic E-state index is 0. The largest absolute Gasteiger partial charge is 0.402 e. The maximum absolute atomic E-state index is 10.6. The highest BCUT2D eigenvalue weighted by molar-refractivity contribution is 7.81. The molecule has 14 heteroatoms. The molecule has 0 bridgehead atoms. The summed E-state index contributed by atoms with van der Waals surface area (Å²) < 4.78 is 61.3. The number of primary amides is 1. The van der Waals surface area contributed by atoms with Gasteiger partial charge in [-0.05, 0) is 20.8 Å². The van der Waals surface area contributed by atoms with Crippen LogP contribution in [0.15, 0.2) is 12.2 Å². The Morgan fingerprint density at radius 1 is 1.22 bits per heavy atom. The van der Waals surface area contributed by atoms with E-state index >= 15 is 0 Å². The van der Waals surface area contributed by atoms with Crippen molar-refractivity contribution in [3.05, 3.63) is 12.2 Å². The van der Waals surface area contributed by atoms with Crippen molar-refractivity contribution < 1.29 is 43.9 Å². The van der Waals surface area contributed by atoms with Crippen molar-refractivity contribution in [3.63, 3.8) is 0 Å². The van der Waals surface area contributed by atoms with Crippen molar-refractivity contribution >= 4 is 26.7 Å². The fourth-order valence-electron chi connectivity index (χ4n) is 0.350. The monoisotopic (exact) mass is 384 g/mol. The summed E-state index contributed by atoms with van der Waals surface area (Å²) >= 11 is 0. The van der Waals surface area contributed by atoms with Crippen LogP contribution in [0.5, 0.6) is 0 Å². The summed E-state index contributed by atoms with van der Waals surface area (Å²) in [6, 6.07) is 0. The Morgan fingerprint density at radius 3 is 1.70 bits per heavy atom. The molecule has 23 heavy (non-hydrogen) atoms. The molecule has 0 unspecified atom stereocenters. The standard InChI is InChI=1S/C4H11NO5S.C4H7NO.CH4.H2O4S/c1-4(2)10-11(6,7)9-3-8-5;1-3(2)4(5)6;;1-5(2,3)4/h4H,3,5H2,1-2H3;1H2,2H3,(H2,5,6);1H4;(H2,1,2,3,4). The molecule has 0 aliphatic heterocycles. The van der Waals surface area contributed by atoms with Gasteiger partial charge in [-0.1, -0.05) is 14.0 Å². The lowest BCUT2D eigenvalue weighted by molar-refractivity contribution is -0.114. The highest BCUT2D eigenvalue weighted by Crippen LogP contribution is 1.99. The first-order valence-electron chi connectivity index (χ1n) is 5.16. The number of hydrogen-bond donors (Lipinski definition) is 4. The summed E-state index contributed by atoms with van der Waals surface area (Å²) in [4.78, 5) is 13.7. The lowest BCUT2D eigenvalue weighted by Gasteiger charge is -2.06. The Morgan fingerprint density at radius 2 is 1.52 bits per heavy atom. The summed E-state index contributed by atoms with van der Waals surface area (Å²) in [5.74, 6) is 4.09. The first kappa shape index (κ1) is 29.8. The van der Waals surface area contributed by atoms with Gasteiger partial charge >= 0.3 is 20.8 Å². The Kier molecular flexibility index (Phi) is 18.8. The van der Waals surface area contributed by atoms with Crippen molar-refractivity contribution in [2.75, 3.05) is 6.79 Å². The minimum Gasteiger partial charge on any atom is -0.366 e. The first-order chi connectivity index (χ1) is 9.62. The van der Waals surface area contributed by atoms with E-state index in [4.69, 9.17) is 23.3 Å². The van der Waals surface area contributed by atoms with Crippen LogP contribution in [0.3, 0.4) is 0 Å². The maximum atomic E-state index is 10.6. The van der Waals surface area contributed by atoms with Gasteiger partial charge in [-0.15, -0.1) is 0 Å². The molecule has 0 saturated heterocycles. The Hall–Kier alpha value is -1.13. The van der Waals surface area contributed by atoms with Gasteiger partial charge in [0.25, 0.3) is 0 Å². The lowest BCUT2D eigenvalue weighted by atomic mass is 10.3. The number of rotatable bonds is 6. The molecule has 0 heterocycles. The van der Waals surface area contributed by atoms with Gasteiger partial charge in [-0.3, -0.25) is 18.7 Å². The predicted octanol–water partition coefficient (Wildman–Crippen LogP) is -0.448. The molecule has 12 nitrogen and oxygen atoms in total. The van der Waals surface area contributed by atoms with Gasteiger partial charge in [0.05, 0.1) is 6.10 Å². The Balaban J connectivity index is -0.000000128. The van der Waals surface area contributed by atoms with Crippen LogP contribution in [0.2, 0.25) is 0 Å². The summed E-state index contributed by atoms with van der Waals surface area (Å²) in [7, 11) is -8.61. The van der Waals surface area contributed by atoms with E-state index in [0.717, 1.165) is 0 Å². The van der Waals surface area contributed by atoms with E-state index in [1.54, 1.807) is 20.8 Å². The molecule has 0 aromatic carbocycles. The van der Waals surface area contributed by atoms with Gasteiger partial charge in [0.1, 0.15) is 0 Å². The Labute approximate surface area is 136 Å². The summed E-state index contributed by atoms with van der Waals surface area (Å²) in [5, 5.41) is 0. The zero-order valence-electron chi connectivity index (χ0n) is 12.1. The molecule has 142 valence electrons. The third-order valence-electron chi connectivity index (χ3n) is 0.991. The van der Waals surface area contributed by atoms with Crippen LogP contribution in [0.25, 0.3) is 0 Å². The van der Waals surface area contributed by atoms with Crippen LogP contribution in [-0.2, 0) is 38.8 Å². The predicted molar refractivity (Wildman–Crippen MR) is 81.3 cm³/mol. The number of nitrogens with two attached hydrogens (primary N) is 2.